The Morgan fingerprint density at radius 1 is 1.60 bits per heavy atom. The number of aromatic nitrogens is 2. The van der Waals surface area contributed by atoms with Crippen LogP contribution in [0.4, 0.5) is 0 Å². The fourth-order valence-corrected chi connectivity index (χ4v) is 1.87. The largest absolute Gasteiger partial charge is 0.370 e. The van der Waals surface area contributed by atoms with Crippen LogP contribution in [-0.2, 0) is 6.54 Å². The molecule has 1 aliphatic rings. The maximum atomic E-state index is 5.77. The summed E-state index contributed by atoms with van der Waals surface area (Å²) < 4.78 is 0. The van der Waals surface area contributed by atoms with Crippen LogP contribution in [0.3, 0.4) is 0 Å². The van der Waals surface area contributed by atoms with E-state index in [-0.39, 0.29) is 0 Å². The lowest BCUT2D eigenvalue weighted by molar-refractivity contribution is 0.625. The summed E-state index contributed by atoms with van der Waals surface area (Å²) in [6, 6.07) is 0.524. The van der Waals surface area contributed by atoms with Gasteiger partial charge in [0.15, 0.2) is 5.96 Å². The lowest BCUT2D eigenvalue weighted by atomic mass is 10.2. The topological polar surface area (TPSA) is 79.1 Å². The molecule has 0 amide bonds. The first-order chi connectivity index (χ1) is 7.34. The second-order valence-electron chi connectivity index (χ2n) is 3.90. The fourth-order valence-electron chi connectivity index (χ4n) is 1.87. The minimum Gasteiger partial charge on any atom is -0.370 e. The molecule has 1 aliphatic carbocycles. The molecule has 0 radical (unpaired) electrons. The van der Waals surface area contributed by atoms with E-state index < -0.39 is 0 Å². The van der Waals surface area contributed by atoms with Gasteiger partial charge in [0.2, 0.25) is 0 Å². The third kappa shape index (κ3) is 2.97. The van der Waals surface area contributed by atoms with Gasteiger partial charge in [-0.3, -0.25) is 0 Å². The SMILES string of the molecule is NC(=NCc1cnc[nH]1)NC1CCCC1. The van der Waals surface area contributed by atoms with Crippen LogP contribution in [0.15, 0.2) is 17.5 Å². The van der Waals surface area contributed by atoms with Gasteiger partial charge in [0, 0.05) is 12.2 Å². The van der Waals surface area contributed by atoms with Gasteiger partial charge in [0.25, 0.3) is 0 Å². The summed E-state index contributed by atoms with van der Waals surface area (Å²) in [5, 5.41) is 3.23. The highest BCUT2D eigenvalue weighted by Crippen LogP contribution is 2.17. The van der Waals surface area contributed by atoms with Gasteiger partial charge in [-0.2, -0.15) is 0 Å². The molecule has 2 rings (SSSR count). The summed E-state index contributed by atoms with van der Waals surface area (Å²) in [7, 11) is 0. The molecule has 1 aromatic rings. The van der Waals surface area contributed by atoms with Gasteiger partial charge in [0.1, 0.15) is 0 Å². The van der Waals surface area contributed by atoms with E-state index in [1.165, 1.54) is 25.7 Å². The second kappa shape index (κ2) is 4.82. The molecule has 4 N–H and O–H groups in total. The zero-order chi connectivity index (χ0) is 10.5. The van der Waals surface area contributed by atoms with E-state index in [1.54, 1.807) is 12.5 Å². The average Bonchev–Trinajstić information content (AvgIpc) is 2.86. The Labute approximate surface area is 89.2 Å². The molecule has 1 saturated carbocycles. The van der Waals surface area contributed by atoms with Crippen LogP contribution < -0.4 is 11.1 Å². The smallest absolute Gasteiger partial charge is 0.189 e. The molecule has 82 valence electrons. The van der Waals surface area contributed by atoms with Gasteiger partial charge < -0.3 is 16.0 Å². The van der Waals surface area contributed by atoms with Crippen molar-refractivity contribution in [1.82, 2.24) is 15.3 Å². The number of rotatable bonds is 3. The monoisotopic (exact) mass is 207 g/mol. The Morgan fingerprint density at radius 3 is 3.07 bits per heavy atom. The molecule has 5 heteroatoms. The minimum atomic E-state index is 0.524. The van der Waals surface area contributed by atoms with Crippen molar-refractivity contribution in [3.8, 4) is 0 Å². The summed E-state index contributed by atoms with van der Waals surface area (Å²) >= 11 is 0. The maximum absolute atomic E-state index is 5.77. The highest BCUT2D eigenvalue weighted by molar-refractivity contribution is 5.78. The van der Waals surface area contributed by atoms with Crippen LogP contribution in [0.25, 0.3) is 0 Å². The first kappa shape index (κ1) is 10.0. The summed E-state index contributed by atoms with van der Waals surface area (Å²) in [5.74, 6) is 0.538. The van der Waals surface area contributed by atoms with E-state index in [9.17, 15) is 0 Å². The first-order valence-corrected chi connectivity index (χ1v) is 5.38. The predicted molar refractivity (Wildman–Crippen MR) is 59.3 cm³/mol. The first-order valence-electron chi connectivity index (χ1n) is 5.38. The van der Waals surface area contributed by atoms with Crippen LogP contribution in [-0.4, -0.2) is 22.0 Å². The van der Waals surface area contributed by atoms with Crippen LogP contribution in [0.2, 0.25) is 0 Å². The Balaban J connectivity index is 1.79. The quantitative estimate of drug-likeness (QED) is 0.505. The maximum Gasteiger partial charge on any atom is 0.189 e. The third-order valence-electron chi connectivity index (χ3n) is 2.68. The molecule has 5 nitrogen and oxygen atoms in total. The molecule has 0 aliphatic heterocycles. The van der Waals surface area contributed by atoms with Crippen molar-refractivity contribution in [3.05, 3.63) is 18.2 Å². The van der Waals surface area contributed by atoms with Crippen molar-refractivity contribution in [1.29, 1.82) is 0 Å². The van der Waals surface area contributed by atoms with Crippen LogP contribution in [0.1, 0.15) is 31.4 Å². The number of nitrogens with one attached hydrogen (secondary N) is 2. The van der Waals surface area contributed by atoms with Crippen molar-refractivity contribution in [2.24, 2.45) is 10.7 Å². The van der Waals surface area contributed by atoms with Crippen LogP contribution >= 0.6 is 0 Å². The summed E-state index contributed by atoms with van der Waals surface area (Å²) in [4.78, 5) is 11.1. The average molecular weight is 207 g/mol. The van der Waals surface area contributed by atoms with E-state index in [2.05, 4.69) is 20.3 Å². The number of nitrogens with two attached hydrogens (primary N) is 1. The third-order valence-corrected chi connectivity index (χ3v) is 2.68. The number of H-pyrrole nitrogens is 1. The number of nitrogens with zero attached hydrogens (tertiary/aromatic N) is 2. The lowest BCUT2D eigenvalue weighted by Gasteiger charge is -2.11. The van der Waals surface area contributed by atoms with Gasteiger partial charge in [-0.15, -0.1) is 0 Å². The zero-order valence-corrected chi connectivity index (χ0v) is 8.74. The van der Waals surface area contributed by atoms with E-state index in [4.69, 9.17) is 5.73 Å². The molecule has 15 heavy (non-hydrogen) atoms. The Kier molecular flexibility index (Phi) is 3.22. The zero-order valence-electron chi connectivity index (χ0n) is 8.74. The highest BCUT2D eigenvalue weighted by atomic mass is 15.1. The Morgan fingerprint density at radius 2 is 2.40 bits per heavy atom. The van der Waals surface area contributed by atoms with Crippen molar-refractivity contribution in [2.45, 2.75) is 38.3 Å². The predicted octanol–water partition coefficient (Wildman–Crippen LogP) is 0.757. The number of guanidine groups is 1. The summed E-state index contributed by atoms with van der Waals surface area (Å²) in [5.41, 5.74) is 6.75. The molecule has 0 saturated heterocycles. The molecule has 1 aromatic heterocycles. The number of aliphatic imine (C=N–C) groups is 1. The number of hydrogen-bond acceptors (Lipinski definition) is 2. The molecule has 1 heterocycles. The molecule has 0 aromatic carbocycles. The van der Waals surface area contributed by atoms with E-state index >= 15 is 0 Å². The van der Waals surface area contributed by atoms with Gasteiger partial charge in [-0.05, 0) is 12.8 Å². The lowest BCUT2D eigenvalue weighted by Crippen LogP contribution is -2.38. The van der Waals surface area contributed by atoms with Gasteiger partial charge >= 0.3 is 0 Å². The molecule has 0 unspecified atom stereocenters. The molecular weight excluding hydrogens is 190 g/mol. The van der Waals surface area contributed by atoms with Crippen molar-refractivity contribution < 1.29 is 0 Å². The fraction of sp³-hybridized carbons (Fsp3) is 0.600. The number of aromatic amines is 1. The summed E-state index contributed by atoms with van der Waals surface area (Å²) in [6.45, 7) is 0.561. The highest BCUT2D eigenvalue weighted by Gasteiger charge is 2.14. The van der Waals surface area contributed by atoms with E-state index in [1.807, 2.05) is 0 Å². The van der Waals surface area contributed by atoms with Gasteiger partial charge in [0.05, 0.1) is 18.6 Å². The molecule has 0 atom stereocenters. The molecular formula is C10H17N5. The number of hydrogen-bond donors (Lipinski definition) is 3. The Hall–Kier alpha value is -1.52. The summed E-state index contributed by atoms with van der Waals surface area (Å²) in [6.07, 6.45) is 8.41. The number of imidazole rings is 1. The van der Waals surface area contributed by atoms with Crippen molar-refractivity contribution in [2.75, 3.05) is 0 Å². The molecule has 0 bridgehead atoms. The minimum absolute atomic E-state index is 0.524. The van der Waals surface area contributed by atoms with Crippen LogP contribution in [0, 0.1) is 0 Å². The molecule has 1 fully saturated rings. The van der Waals surface area contributed by atoms with E-state index in [0.717, 1.165) is 5.69 Å². The second-order valence-corrected chi connectivity index (χ2v) is 3.90. The Bertz CT molecular complexity index is 311. The van der Waals surface area contributed by atoms with Gasteiger partial charge in [-0.1, -0.05) is 12.8 Å². The molecule has 0 spiro atoms. The standard InChI is InChI=1S/C10H17N5/c11-10(15-8-3-1-2-4-8)13-6-9-5-12-7-14-9/h5,7-8H,1-4,6H2,(H,12,14)(H3,11,13,15). The van der Waals surface area contributed by atoms with Crippen LogP contribution in [0.5, 0.6) is 0 Å². The van der Waals surface area contributed by atoms with Gasteiger partial charge in [-0.25, -0.2) is 9.98 Å². The van der Waals surface area contributed by atoms with Crippen molar-refractivity contribution in [3.63, 3.8) is 0 Å². The normalized spacial score (nSPS) is 18.3. The van der Waals surface area contributed by atoms with E-state index in [0.29, 0.717) is 18.5 Å². The van der Waals surface area contributed by atoms with Crippen molar-refractivity contribution >= 4 is 5.96 Å².